The zero-order chi connectivity index (χ0) is 19.4. The predicted molar refractivity (Wildman–Crippen MR) is 106 cm³/mol. The summed E-state index contributed by atoms with van der Waals surface area (Å²) in [4.78, 5) is 33.1. The Morgan fingerprint density at radius 1 is 1.19 bits per heavy atom. The number of likely N-dealkylation sites (tertiary alicyclic amines) is 1. The Morgan fingerprint density at radius 3 is 2.63 bits per heavy atom. The molecule has 0 radical (unpaired) electrons. The molecule has 7 heteroatoms. The molecule has 1 unspecified atom stereocenters. The van der Waals surface area contributed by atoms with Gasteiger partial charge in [-0.15, -0.1) is 0 Å². The molecular formula is C20H21Cl2N3O2. The highest BCUT2D eigenvalue weighted by Gasteiger charge is 2.30. The number of halogens is 2. The van der Waals surface area contributed by atoms with Crippen molar-refractivity contribution >= 4 is 35.0 Å². The fraction of sp³-hybridized carbons (Fsp3) is 0.350. The lowest BCUT2D eigenvalue weighted by Gasteiger charge is -2.34. The van der Waals surface area contributed by atoms with Gasteiger partial charge in [0.2, 0.25) is 5.91 Å². The van der Waals surface area contributed by atoms with Gasteiger partial charge in [0.25, 0.3) is 5.91 Å². The summed E-state index contributed by atoms with van der Waals surface area (Å²) in [5.41, 5.74) is 1.52. The molecule has 1 aromatic carbocycles. The van der Waals surface area contributed by atoms with Crippen molar-refractivity contribution in [3.8, 4) is 0 Å². The van der Waals surface area contributed by atoms with E-state index < -0.39 is 0 Å². The van der Waals surface area contributed by atoms with Crippen LogP contribution in [-0.4, -0.2) is 46.7 Å². The van der Waals surface area contributed by atoms with Crippen LogP contribution in [0.15, 0.2) is 42.7 Å². The van der Waals surface area contributed by atoms with Crippen LogP contribution in [0.5, 0.6) is 0 Å². The maximum Gasteiger partial charge on any atom is 0.253 e. The summed E-state index contributed by atoms with van der Waals surface area (Å²) in [5, 5.41) is 0.766. The van der Waals surface area contributed by atoms with Crippen LogP contribution in [0.1, 0.15) is 28.8 Å². The second kappa shape index (κ2) is 8.72. The van der Waals surface area contributed by atoms with E-state index in [4.69, 9.17) is 23.2 Å². The highest BCUT2D eigenvalue weighted by molar-refractivity contribution is 6.42. The van der Waals surface area contributed by atoms with E-state index in [0.717, 1.165) is 18.4 Å². The summed E-state index contributed by atoms with van der Waals surface area (Å²) < 4.78 is 0. The van der Waals surface area contributed by atoms with Crippen LogP contribution in [0, 0.1) is 5.92 Å². The van der Waals surface area contributed by atoms with Gasteiger partial charge in [0.15, 0.2) is 0 Å². The first kappa shape index (κ1) is 19.6. The van der Waals surface area contributed by atoms with Crippen LogP contribution in [0.25, 0.3) is 0 Å². The molecule has 3 rings (SSSR count). The topological polar surface area (TPSA) is 53.5 Å². The maximum absolute atomic E-state index is 12.8. The van der Waals surface area contributed by atoms with E-state index in [9.17, 15) is 9.59 Å². The minimum absolute atomic E-state index is 0.0541. The molecule has 2 amide bonds. The summed E-state index contributed by atoms with van der Waals surface area (Å²) in [7, 11) is 1.79. The number of hydrogen-bond acceptors (Lipinski definition) is 3. The van der Waals surface area contributed by atoms with Crippen molar-refractivity contribution in [1.29, 1.82) is 0 Å². The van der Waals surface area contributed by atoms with Gasteiger partial charge < -0.3 is 9.80 Å². The van der Waals surface area contributed by atoms with Crippen molar-refractivity contribution in [3.63, 3.8) is 0 Å². The van der Waals surface area contributed by atoms with Crippen molar-refractivity contribution in [3.05, 3.63) is 63.9 Å². The number of amides is 2. The fourth-order valence-corrected chi connectivity index (χ4v) is 3.62. The predicted octanol–water partition coefficient (Wildman–Crippen LogP) is 3.90. The number of aromatic nitrogens is 1. The van der Waals surface area contributed by atoms with Gasteiger partial charge >= 0.3 is 0 Å². The highest BCUT2D eigenvalue weighted by Crippen LogP contribution is 2.25. The van der Waals surface area contributed by atoms with E-state index in [0.29, 0.717) is 35.2 Å². The van der Waals surface area contributed by atoms with Crippen LogP contribution >= 0.6 is 23.2 Å². The van der Waals surface area contributed by atoms with E-state index in [-0.39, 0.29) is 17.7 Å². The Labute approximate surface area is 168 Å². The molecule has 1 atom stereocenters. The first-order valence-corrected chi connectivity index (χ1v) is 9.59. The van der Waals surface area contributed by atoms with Crippen LogP contribution in [0.4, 0.5) is 0 Å². The molecule has 0 spiro atoms. The van der Waals surface area contributed by atoms with E-state index in [1.807, 2.05) is 12.1 Å². The zero-order valence-corrected chi connectivity index (χ0v) is 16.6. The first-order valence-electron chi connectivity index (χ1n) is 8.84. The molecule has 142 valence electrons. The van der Waals surface area contributed by atoms with Gasteiger partial charge in [-0.1, -0.05) is 23.2 Å². The second-order valence-electron chi connectivity index (χ2n) is 6.77. The summed E-state index contributed by atoms with van der Waals surface area (Å²) in [6.45, 7) is 1.58. The van der Waals surface area contributed by atoms with Crippen LogP contribution in [0.3, 0.4) is 0 Å². The van der Waals surface area contributed by atoms with Gasteiger partial charge in [-0.05, 0) is 48.7 Å². The van der Waals surface area contributed by atoms with Crippen LogP contribution in [-0.2, 0) is 11.3 Å². The van der Waals surface area contributed by atoms with Crippen LogP contribution < -0.4 is 0 Å². The van der Waals surface area contributed by atoms with Gasteiger partial charge in [-0.2, -0.15) is 0 Å². The van der Waals surface area contributed by atoms with Crippen molar-refractivity contribution in [2.75, 3.05) is 20.1 Å². The Morgan fingerprint density at radius 2 is 1.93 bits per heavy atom. The van der Waals surface area contributed by atoms with Gasteiger partial charge in [0.1, 0.15) is 0 Å². The number of benzene rings is 1. The standard InChI is InChI=1S/C20H21Cl2N3O2/c1-24(12-14-6-8-23-9-7-14)19(26)16-3-2-10-25(13-16)20(27)15-4-5-17(21)18(22)11-15/h4-9,11,16H,2-3,10,12-13H2,1H3. The van der Waals surface area contributed by atoms with Crippen molar-refractivity contribution in [1.82, 2.24) is 14.8 Å². The third kappa shape index (κ3) is 4.79. The van der Waals surface area contributed by atoms with E-state index in [1.165, 1.54) is 0 Å². The lowest BCUT2D eigenvalue weighted by molar-refractivity contribution is -0.136. The summed E-state index contributed by atoms with van der Waals surface area (Å²) in [6.07, 6.45) is 5.01. The largest absolute Gasteiger partial charge is 0.341 e. The van der Waals surface area contributed by atoms with Crippen molar-refractivity contribution in [2.24, 2.45) is 5.92 Å². The number of rotatable bonds is 4. The SMILES string of the molecule is CN(Cc1ccncc1)C(=O)C1CCCN(C(=O)c2ccc(Cl)c(Cl)c2)C1. The van der Waals surface area contributed by atoms with Gasteiger partial charge in [-0.3, -0.25) is 14.6 Å². The molecule has 0 bridgehead atoms. The van der Waals surface area contributed by atoms with Gasteiger partial charge in [0.05, 0.1) is 16.0 Å². The number of pyridine rings is 1. The third-order valence-electron chi connectivity index (χ3n) is 4.77. The summed E-state index contributed by atoms with van der Waals surface area (Å²) >= 11 is 12.0. The average molecular weight is 406 g/mol. The molecule has 2 heterocycles. The molecule has 1 fully saturated rings. The normalized spacial score (nSPS) is 16.9. The fourth-order valence-electron chi connectivity index (χ4n) is 3.33. The first-order chi connectivity index (χ1) is 13.0. The molecule has 0 saturated carbocycles. The summed E-state index contributed by atoms with van der Waals surface area (Å²) in [5.74, 6) is -0.265. The molecule has 1 saturated heterocycles. The van der Waals surface area contributed by atoms with E-state index in [1.54, 1.807) is 47.4 Å². The highest BCUT2D eigenvalue weighted by atomic mass is 35.5. The Bertz CT molecular complexity index is 829. The Balaban J connectivity index is 1.65. The molecule has 1 aliphatic rings. The monoisotopic (exact) mass is 405 g/mol. The quantitative estimate of drug-likeness (QED) is 0.774. The Kier molecular flexibility index (Phi) is 6.34. The van der Waals surface area contributed by atoms with Crippen LogP contribution in [0.2, 0.25) is 10.0 Å². The minimum Gasteiger partial charge on any atom is -0.341 e. The smallest absolute Gasteiger partial charge is 0.253 e. The average Bonchev–Trinajstić information content (AvgIpc) is 2.69. The third-order valence-corrected chi connectivity index (χ3v) is 5.51. The van der Waals surface area contributed by atoms with Crippen molar-refractivity contribution in [2.45, 2.75) is 19.4 Å². The molecule has 0 aliphatic carbocycles. The number of carbonyl (C=O) groups excluding carboxylic acids is 2. The molecule has 27 heavy (non-hydrogen) atoms. The lowest BCUT2D eigenvalue weighted by Crippen LogP contribution is -2.45. The van der Waals surface area contributed by atoms with E-state index in [2.05, 4.69) is 4.98 Å². The zero-order valence-electron chi connectivity index (χ0n) is 15.1. The number of nitrogens with zero attached hydrogens (tertiary/aromatic N) is 3. The molecular weight excluding hydrogens is 385 g/mol. The molecule has 1 aliphatic heterocycles. The minimum atomic E-state index is -0.197. The van der Waals surface area contributed by atoms with Crippen molar-refractivity contribution < 1.29 is 9.59 Å². The molecule has 1 aromatic heterocycles. The Hall–Kier alpha value is -2.11. The molecule has 5 nitrogen and oxygen atoms in total. The number of piperidine rings is 1. The number of carbonyl (C=O) groups is 2. The summed E-state index contributed by atoms with van der Waals surface area (Å²) in [6, 6.07) is 8.65. The lowest BCUT2D eigenvalue weighted by atomic mass is 9.95. The molecule has 2 aromatic rings. The second-order valence-corrected chi connectivity index (χ2v) is 7.58. The van der Waals surface area contributed by atoms with Gasteiger partial charge in [-0.25, -0.2) is 0 Å². The number of hydrogen-bond donors (Lipinski definition) is 0. The van der Waals surface area contributed by atoms with Gasteiger partial charge in [0, 0.05) is 44.6 Å². The van der Waals surface area contributed by atoms with E-state index >= 15 is 0 Å². The maximum atomic E-state index is 12.8. The molecule has 0 N–H and O–H groups in total.